The molecule has 2 N–H and O–H groups in total. The summed E-state index contributed by atoms with van der Waals surface area (Å²) in [4.78, 5) is 39.7. The van der Waals surface area contributed by atoms with Crippen LogP contribution in [0.25, 0.3) is 0 Å². The van der Waals surface area contributed by atoms with Gasteiger partial charge in [0.25, 0.3) is 0 Å². The number of carbonyl (C=O) groups excluding carboxylic acids is 2. The van der Waals surface area contributed by atoms with E-state index in [0.717, 1.165) is 31.3 Å². The third-order valence-corrected chi connectivity index (χ3v) is 13.3. The van der Waals surface area contributed by atoms with Crippen LogP contribution in [-0.2, 0) is 23.9 Å². The van der Waals surface area contributed by atoms with E-state index in [1.807, 2.05) is 13.8 Å². The molecule has 0 unspecified atom stereocenters. The van der Waals surface area contributed by atoms with Crippen molar-refractivity contribution in [2.75, 3.05) is 13.2 Å². The average Bonchev–Trinajstić information content (AvgIpc) is 2.84. The van der Waals surface area contributed by atoms with Crippen LogP contribution in [0.15, 0.2) is 11.6 Å². The molecular weight excluding hydrogens is 496 g/mol. The second-order valence-electron chi connectivity index (χ2n) is 15.0. The lowest BCUT2D eigenvalue weighted by Gasteiger charge is -2.70. The molecule has 0 aromatic heterocycles. The van der Waals surface area contributed by atoms with Crippen molar-refractivity contribution in [2.24, 2.45) is 56.7 Å². The quantitative estimate of drug-likeness (QED) is 0.477. The summed E-state index contributed by atoms with van der Waals surface area (Å²) >= 11 is 0. The van der Waals surface area contributed by atoms with E-state index in [2.05, 4.69) is 34.6 Å². The predicted octanol–water partition coefficient (Wildman–Crippen LogP) is 5.05. The van der Waals surface area contributed by atoms with E-state index in [1.54, 1.807) is 6.08 Å². The predicted molar refractivity (Wildman–Crippen MR) is 146 cm³/mol. The highest BCUT2D eigenvalue weighted by atomic mass is 16.6. The third kappa shape index (κ3) is 3.50. The van der Waals surface area contributed by atoms with Gasteiger partial charge in [0.05, 0.1) is 25.2 Å². The Morgan fingerprint density at radius 3 is 2.33 bits per heavy atom. The zero-order valence-corrected chi connectivity index (χ0v) is 25.0. The summed E-state index contributed by atoms with van der Waals surface area (Å²) in [6.07, 6.45) is 3.94. The lowest BCUT2D eigenvalue weighted by atomic mass is 9.34. The van der Waals surface area contributed by atoms with Crippen molar-refractivity contribution in [1.82, 2.24) is 0 Å². The summed E-state index contributed by atoms with van der Waals surface area (Å²) in [5.74, 6) is -1.63. The molecule has 5 rings (SSSR count). The topological polar surface area (TPSA) is 110 Å². The van der Waals surface area contributed by atoms with Crippen molar-refractivity contribution >= 4 is 17.7 Å². The molecule has 39 heavy (non-hydrogen) atoms. The standard InChI is InChI=1S/C32H48O7/c1-17(2)18(3)28(5)11-12-30(7)20-9-10-23-29(6)15-38-16-32(23,14-22(26(29)35)39-19(4)33)21(20)13-24(34)31(30,8)25(28)27(36)37/h13,17-18,20,22-23,25-26,35H,9-12,14-16H2,1-8H3,(H,36,37)/t18-,20+,22-,23+,25-,26+,28-,29+,30-,31+,32+/m1/s1. The maximum Gasteiger partial charge on any atom is 0.308 e. The number of aliphatic carboxylic acids is 1. The SMILES string of the molecule is CC(=O)O[C@@H]1C[C@@]23COC[C@@](C)([C@@H]2CC[C@H]2C3=CC(=O)[C@@]3(C)[C@H](C(=O)O)[C@@](C)([C@H](C)C(C)C)CC[C@]23C)[C@H]1O. The minimum atomic E-state index is -1.05. The van der Waals surface area contributed by atoms with Gasteiger partial charge in [0.2, 0.25) is 0 Å². The second-order valence-corrected chi connectivity index (χ2v) is 15.0. The van der Waals surface area contributed by atoms with Gasteiger partial charge in [0, 0.05) is 23.2 Å². The first-order chi connectivity index (χ1) is 18.0. The van der Waals surface area contributed by atoms with Crippen LogP contribution in [-0.4, -0.2) is 53.4 Å². The Kier molecular flexibility index (Phi) is 6.56. The zero-order valence-electron chi connectivity index (χ0n) is 25.0. The van der Waals surface area contributed by atoms with Crippen LogP contribution in [0.2, 0.25) is 0 Å². The fourth-order valence-electron chi connectivity index (χ4n) is 10.7. The Labute approximate surface area is 233 Å². The summed E-state index contributed by atoms with van der Waals surface area (Å²) in [6, 6.07) is 0. The zero-order chi connectivity index (χ0) is 28.9. The highest BCUT2D eigenvalue weighted by Gasteiger charge is 2.73. The Balaban J connectivity index is 1.67. The van der Waals surface area contributed by atoms with Crippen LogP contribution < -0.4 is 0 Å². The maximum atomic E-state index is 14.5. The smallest absolute Gasteiger partial charge is 0.308 e. The normalized spacial score (nSPS) is 49.7. The number of aliphatic hydroxyl groups is 1. The molecule has 1 saturated heterocycles. The highest BCUT2D eigenvalue weighted by molar-refractivity contribution is 6.00. The van der Waals surface area contributed by atoms with Gasteiger partial charge in [0.15, 0.2) is 5.78 Å². The number of carboxylic acids is 1. The highest BCUT2D eigenvalue weighted by Crippen LogP contribution is 2.74. The summed E-state index contributed by atoms with van der Waals surface area (Å²) in [6.45, 7) is 16.8. The van der Waals surface area contributed by atoms with E-state index in [0.29, 0.717) is 25.6 Å². The van der Waals surface area contributed by atoms with Gasteiger partial charge in [-0.3, -0.25) is 14.4 Å². The van der Waals surface area contributed by atoms with E-state index in [1.165, 1.54) is 6.92 Å². The number of allylic oxidation sites excluding steroid dienone is 1. The number of fused-ring (bicyclic) bond motifs is 3. The van der Waals surface area contributed by atoms with Gasteiger partial charge in [-0.1, -0.05) is 54.0 Å². The summed E-state index contributed by atoms with van der Waals surface area (Å²) in [7, 11) is 0. The number of hydrogen-bond acceptors (Lipinski definition) is 6. The number of rotatable bonds is 4. The molecule has 0 spiro atoms. The van der Waals surface area contributed by atoms with Gasteiger partial charge in [-0.05, 0) is 72.7 Å². The van der Waals surface area contributed by atoms with Crippen molar-refractivity contribution in [2.45, 2.75) is 99.7 Å². The molecule has 7 nitrogen and oxygen atoms in total. The van der Waals surface area contributed by atoms with Gasteiger partial charge in [-0.15, -0.1) is 0 Å². The lowest BCUT2D eigenvalue weighted by Crippen LogP contribution is -2.71. The Morgan fingerprint density at radius 1 is 1.08 bits per heavy atom. The monoisotopic (exact) mass is 544 g/mol. The molecule has 1 heterocycles. The largest absolute Gasteiger partial charge is 0.481 e. The number of esters is 1. The molecule has 2 bridgehead atoms. The molecule has 3 saturated carbocycles. The van der Waals surface area contributed by atoms with Crippen molar-refractivity contribution < 1.29 is 34.1 Å². The Hall–Kier alpha value is -1.73. The lowest BCUT2D eigenvalue weighted by molar-refractivity contribution is -0.255. The molecule has 0 aromatic carbocycles. The summed E-state index contributed by atoms with van der Waals surface area (Å²) < 4.78 is 11.9. The van der Waals surface area contributed by atoms with Gasteiger partial charge in [-0.25, -0.2) is 0 Å². The molecule has 7 heteroatoms. The van der Waals surface area contributed by atoms with Gasteiger partial charge in [0.1, 0.15) is 6.10 Å². The van der Waals surface area contributed by atoms with E-state index >= 15 is 0 Å². The third-order valence-electron chi connectivity index (χ3n) is 13.3. The molecule has 0 aromatic rings. The Bertz CT molecular complexity index is 1110. The summed E-state index contributed by atoms with van der Waals surface area (Å²) in [5, 5.41) is 22.2. The number of hydrogen-bond donors (Lipinski definition) is 2. The van der Waals surface area contributed by atoms with Gasteiger partial charge >= 0.3 is 11.9 Å². The fourth-order valence-corrected chi connectivity index (χ4v) is 10.7. The molecule has 0 amide bonds. The number of carbonyl (C=O) groups is 3. The molecule has 0 radical (unpaired) electrons. The van der Waals surface area contributed by atoms with Crippen molar-refractivity contribution in [1.29, 1.82) is 0 Å². The minimum absolute atomic E-state index is 0.0244. The maximum absolute atomic E-state index is 14.5. The molecular formula is C32H48O7. The average molecular weight is 545 g/mol. The molecule has 5 aliphatic rings. The minimum Gasteiger partial charge on any atom is -0.481 e. The molecule has 218 valence electrons. The first-order valence-electron chi connectivity index (χ1n) is 14.9. The van der Waals surface area contributed by atoms with E-state index < -0.39 is 57.1 Å². The first kappa shape index (κ1) is 28.8. The number of aliphatic hydroxyl groups excluding tert-OH is 1. The van der Waals surface area contributed by atoms with Crippen LogP contribution in [0.3, 0.4) is 0 Å². The van der Waals surface area contributed by atoms with Gasteiger partial charge < -0.3 is 19.7 Å². The van der Waals surface area contributed by atoms with E-state index in [4.69, 9.17) is 9.47 Å². The van der Waals surface area contributed by atoms with E-state index in [9.17, 15) is 24.6 Å². The van der Waals surface area contributed by atoms with Crippen LogP contribution in [0.5, 0.6) is 0 Å². The number of ether oxygens (including phenoxy) is 2. The van der Waals surface area contributed by atoms with Gasteiger partial charge in [-0.2, -0.15) is 0 Å². The van der Waals surface area contributed by atoms with Crippen molar-refractivity contribution in [3.8, 4) is 0 Å². The van der Waals surface area contributed by atoms with Crippen molar-refractivity contribution in [3.05, 3.63) is 11.6 Å². The Morgan fingerprint density at radius 2 is 1.74 bits per heavy atom. The van der Waals surface area contributed by atoms with Crippen LogP contribution >= 0.6 is 0 Å². The summed E-state index contributed by atoms with van der Waals surface area (Å²) in [5.41, 5.74) is -2.17. The molecule has 4 fully saturated rings. The van der Waals surface area contributed by atoms with Crippen molar-refractivity contribution in [3.63, 3.8) is 0 Å². The van der Waals surface area contributed by atoms with Crippen LogP contribution in [0.4, 0.5) is 0 Å². The molecule has 1 aliphatic heterocycles. The fraction of sp³-hybridized carbons (Fsp3) is 0.844. The second kappa shape index (κ2) is 8.88. The molecule has 4 aliphatic carbocycles. The number of ketones is 1. The number of carboxylic acid groups (broad SMARTS) is 1. The first-order valence-corrected chi connectivity index (χ1v) is 14.9. The molecule has 11 atom stereocenters. The van der Waals surface area contributed by atoms with Crippen LogP contribution in [0, 0.1) is 56.7 Å². The van der Waals surface area contributed by atoms with Crippen LogP contribution in [0.1, 0.15) is 87.5 Å². The van der Waals surface area contributed by atoms with E-state index in [-0.39, 0.29) is 23.5 Å².